The molecule has 8 heteroatoms. The second kappa shape index (κ2) is 9.06. The molecule has 5 rings (SSSR count). The van der Waals surface area contributed by atoms with Crippen LogP contribution in [0.1, 0.15) is 11.1 Å². The van der Waals surface area contributed by atoms with Crippen LogP contribution in [0.5, 0.6) is 0 Å². The maximum Gasteiger partial charge on any atom is 0.332 e. The van der Waals surface area contributed by atoms with Crippen molar-refractivity contribution in [2.45, 2.75) is 26.4 Å². The van der Waals surface area contributed by atoms with E-state index in [1.165, 1.54) is 10.6 Å². The predicted octanol–water partition coefficient (Wildman–Crippen LogP) is 4.24. The van der Waals surface area contributed by atoms with Crippen LogP contribution in [-0.4, -0.2) is 15.0 Å². The molecule has 0 spiro atoms. The molecule has 0 radical (unpaired) electrons. The average Bonchev–Trinajstić information content (AvgIpc) is 3.24. The number of hydrogen-bond donors (Lipinski definition) is 1. The van der Waals surface area contributed by atoms with Crippen LogP contribution >= 0.6 is 0 Å². The second-order valence-corrected chi connectivity index (χ2v) is 8.35. The van der Waals surface area contributed by atoms with Gasteiger partial charge in [0.15, 0.2) is 0 Å². The molecule has 0 aliphatic rings. The highest BCUT2D eigenvalue weighted by atomic mass is 19.1. The normalized spacial score (nSPS) is 11.3. The molecule has 0 unspecified atom stereocenters. The molecule has 1 amide bonds. The van der Waals surface area contributed by atoms with E-state index in [-0.39, 0.29) is 29.9 Å². The third-order valence-electron chi connectivity index (χ3n) is 5.96. The van der Waals surface area contributed by atoms with E-state index in [2.05, 4.69) is 5.32 Å². The van der Waals surface area contributed by atoms with Gasteiger partial charge in [-0.3, -0.25) is 18.7 Å². The third-order valence-corrected chi connectivity index (χ3v) is 5.96. The summed E-state index contributed by atoms with van der Waals surface area (Å²) in [5, 5.41) is 3.18. The van der Waals surface area contributed by atoms with Gasteiger partial charge in [-0.05, 0) is 48.7 Å². The minimum absolute atomic E-state index is 0.00745. The molecule has 1 N–H and O–H groups in total. The third kappa shape index (κ3) is 4.26. The van der Waals surface area contributed by atoms with Gasteiger partial charge in [0, 0.05) is 17.6 Å². The number of nitrogens with one attached hydrogen (secondary N) is 1. The van der Waals surface area contributed by atoms with E-state index in [0.29, 0.717) is 23.0 Å². The standard InChI is InChI=1S/C27H22FN3O4/c1-17-11-12-19(15-21(17)28)29-23(32)16-31-24-20-9-5-6-10-22(20)35-25(24)26(33)30(27(31)34)14-13-18-7-3-2-4-8-18/h2-12,15H,13-14,16H2,1H3,(H,29,32). The number of carbonyl (C=O) groups is 1. The molecule has 0 aliphatic carbocycles. The number of aryl methyl sites for hydroxylation is 2. The summed E-state index contributed by atoms with van der Waals surface area (Å²) >= 11 is 0. The molecular weight excluding hydrogens is 449 g/mol. The highest BCUT2D eigenvalue weighted by Crippen LogP contribution is 2.25. The number of nitrogens with zero attached hydrogens (tertiary/aromatic N) is 2. The molecule has 35 heavy (non-hydrogen) atoms. The molecule has 0 atom stereocenters. The van der Waals surface area contributed by atoms with Crippen LogP contribution in [-0.2, 0) is 24.3 Å². The predicted molar refractivity (Wildman–Crippen MR) is 132 cm³/mol. The number of para-hydroxylation sites is 1. The van der Waals surface area contributed by atoms with Crippen molar-refractivity contribution in [1.82, 2.24) is 9.13 Å². The lowest BCUT2D eigenvalue weighted by Crippen LogP contribution is -2.41. The summed E-state index contributed by atoms with van der Waals surface area (Å²) in [6, 6.07) is 20.8. The first kappa shape index (κ1) is 22.3. The van der Waals surface area contributed by atoms with E-state index in [1.807, 2.05) is 30.3 Å². The van der Waals surface area contributed by atoms with E-state index in [0.717, 1.165) is 10.1 Å². The Kier molecular flexibility index (Phi) is 5.78. The van der Waals surface area contributed by atoms with Gasteiger partial charge in [-0.25, -0.2) is 9.18 Å². The largest absolute Gasteiger partial charge is 0.449 e. The summed E-state index contributed by atoms with van der Waals surface area (Å²) in [4.78, 5) is 39.6. The van der Waals surface area contributed by atoms with Crippen molar-refractivity contribution in [3.05, 3.63) is 111 Å². The lowest BCUT2D eigenvalue weighted by Gasteiger charge is -2.12. The SMILES string of the molecule is Cc1ccc(NC(=O)Cn2c(=O)n(CCc3ccccc3)c(=O)c3oc4ccccc4c32)cc1F. The zero-order valence-corrected chi connectivity index (χ0v) is 19.0. The van der Waals surface area contributed by atoms with Gasteiger partial charge in [-0.15, -0.1) is 0 Å². The molecule has 2 heterocycles. The number of rotatable bonds is 6. The Morgan fingerprint density at radius 1 is 0.971 bits per heavy atom. The van der Waals surface area contributed by atoms with Crippen LogP contribution in [0.3, 0.4) is 0 Å². The Hall–Kier alpha value is -4.46. The summed E-state index contributed by atoms with van der Waals surface area (Å²) in [5.74, 6) is -0.979. The van der Waals surface area contributed by atoms with Gasteiger partial charge in [0.25, 0.3) is 5.56 Å². The molecular formula is C27H22FN3O4. The molecule has 5 aromatic rings. The molecule has 176 valence electrons. The average molecular weight is 471 g/mol. The van der Waals surface area contributed by atoms with Crippen LogP contribution in [0.15, 0.2) is 86.8 Å². The van der Waals surface area contributed by atoms with Gasteiger partial charge in [0.2, 0.25) is 11.5 Å². The van der Waals surface area contributed by atoms with E-state index in [1.54, 1.807) is 43.3 Å². The lowest BCUT2D eigenvalue weighted by atomic mass is 10.1. The van der Waals surface area contributed by atoms with Gasteiger partial charge in [-0.1, -0.05) is 48.5 Å². The van der Waals surface area contributed by atoms with Gasteiger partial charge >= 0.3 is 5.69 Å². The fraction of sp³-hybridized carbons (Fsp3) is 0.148. The fourth-order valence-electron chi connectivity index (χ4n) is 4.14. The first-order chi connectivity index (χ1) is 16.9. The molecule has 0 saturated carbocycles. The fourth-order valence-corrected chi connectivity index (χ4v) is 4.14. The van der Waals surface area contributed by atoms with E-state index >= 15 is 0 Å². The molecule has 0 bridgehead atoms. The number of furan rings is 1. The van der Waals surface area contributed by atoms with Crippen LogP contribution in [0.25, 0.3) is 22.1 Å². The van der Waals surface area contributed by atoms with Crippen LogP contribution in [0.2, 0.25) is 0 Å². The van der Waals surface area contributed by atoms with Crippen molar-refractivity contribution in [1.29, 1.82) is 0 Å². The monoisotopic (exact) mass is 471 g/mol. The molecule has 2 aromatic heterocycles. The summed E-state index contributed by atoms with van der Waals surface area (Å²) in [6.07, 6.45) is 0.455. The van der Waals surface area contributed by atoms with Gasteiger partial charge in [0.05, 0.1) is 0 Å². The van der Waals surface area contributed by atoms with Gasteiger partial charge in [0.1, 0.15) is 23.5 Å². The Balaban J connectivity index is 1.58. The van der Waals surface area contributed by atoms with Crippen molar-refractivity contribution >= 4 is 33.7 Å². The number of fused-ring (bicyclic) bond motifs is 3. The molecule has 3 aromatic carbocycles. The number of carbonyl (C=O) groups excluding carboxylic acids is 1. The number of benzene rings is 3. The number of anilines is 1. The van der Waals surface area contributed by atoms with Gasteiger partial charge < -0.3 is 9.73 Å². The number of halogens is 1. The minimum Gasteiger partial charge on any atom is -0.449 e. The van der Waals surface area contributed by atoms with E-state index < -0.39 is 23.0 Å². The number of hydrogen-bond acceptors (Lipinski definition) is 4. The summed E-state index contributed by atoms with van der Waals surface area (Å²) in [5.41, 5.74) is 1.24. The molecule has 0 aliphatic heterocycles. The first-order valence-corrected chi connectivity index (χ1v) is 11.2. The summed E-state index contributed by atoms with van der Waals surface area (Å²) in [6.45, 7) is 1.37. The topological polar surface area (TPSA) is 86.2 Å². The number of amides is 1. The zero-order chi connectivity index (χ0) is 24.5. The van der Waals surface area contributed by atoms with E-state index in [4.69, 9.17) is 4.42 Å². The molecule has 7 nitrogen and oxygen atoms in total. The van der Waals surface area contributed by atoms with Crippen molar-refractivity contribution in [3.63, 3.8) is 0 Å². The van der Waals surface area contributed by atoms with Crippen molar-refractivity contribution in [2.24, 2.45) is 0 Å². The lowest BCUT2D eigenvalue weighted by molar-refractivity contribution is -0.116. The molecule has 0 saturated heterocycles. The maximum atomic E-state index is 13.9. The zero-order valence-electron chi connectivity index (χ0n) is 19.0. The summed E-state index contributed by atoms with van der Waals surface area (Å²) < 4.78 is 22.1. The van der Waals surface area contributed by atoms with E-state index in [9.17, 15) is 18.8 Å². The highest BCUT2D eigenvalue weighted by molar-refractivity contribution is 6.03. The van der Waals surface area contributed by atoms with Crippen LogP contribution < -0.4 is 16.6 Å². The van der Waals surface area contributed by atoms with Gasteiger partial charge in [-0.2, -0.15) is 0 Å². The highest BCUT2D eigenvalue weighted by Gasteiger charge is 2.21. The Bertz CT molecular complexity index is 1680. The van der Waals surface area contributed by atoms with Crippen molar-refractivity contribution < 1.29 is 13.6 Å². The van der Waals surface area contributed by atoms with Crippen molar-refractivity contribution in [2.75, 3.05) is 5.32 Å². The minimum atomic E-state index is -0.616. The Labute approximate surface area is 199 Å². The second-order valence-electron chi connectivity index (χ2n) is 8.35. The maximum absolute atomic E-state index is 13.9. The van der Waals surface area contributed by atoms with Crippen LogP contribution in [0.4, 0.5) is 10.1 Å². The van der Waals surface area contributed by atoms with Crippen LogP contribution in [0, 0.1) is 12.7 Å². The Morgan fingerprint density at radius 2 is 1.71 bits per heavy atom. The van der Waals surface area contributed by atoms with Crippen molar-refractivity contribution in [3.8, 4) is 0 Å². The quantitative estimate of drug-likeness (QED) is 0.401. The smallest absolute Gasteiger partial charge is 0.332 e. The summed E-state index contributed by atoms with van der Waals surface area (Å²) in [7, 11) is 0. The Morgan fingerprint density at radius 3 is 2.49 bits per heavy atom. The first-order valence-electron chi connectivity index (χ1n) is 11.2. The molecule has 0 fully saturated rings. The number of aromatic nitrogens is 2.